The van der Waals surface area contributed by atoms with E-state index >= 15 is 0 Å². The highest BCUT2D eigenvalue weighted by molar-refractivity contribution is 7.13. The third-order valence-electron chi connectivity index (χ3n) is 3.01. The molecular weight excluding hydrogens is 286 g/mol. The molecule has 3 rings (SSSR count). The molecule has 1 N–H and O–H groups in total. The van der Waals surface area contributed by atoms with Crippen molar-refractivity contribution < 1.29 is 9.32 Å². The van der Waals surface area contributed by atoms with Gasteiger partial charge in [-0.1, -0.05) is 17.3 Å². The van der Waals surface area contributed by atoms with Gasteiger partial charge < -0.3 is 9.84 Å². The molecule has 5 nitrogen and oxygen atoms in total. The maximum Gasteiger partial charge on any atom is 0.257 e. The molecule has 0 aliphatic rings. The van der Waals surface area contributed by atoms with Crippen molar-refractivity contribution in [3.63, 3.8) is 0 Å². The molecule has 0 saturated heterocycles. The zero-order valence-electron chi connectivity index (χ0n) is 11.4. The van der Waals surface area contributed by atoms with Crippen LogP contribution < -0.4 is 5.32 Å². The molecular formula is C15H13N3O2S. The number of amides is 1. The third kappa shape index (κ3) is 2.85. The average Bonchev–Trinajstić information content (AvgIpc) is 3.15. The second-order valence-electron chi connectivity index (χ2n) is 4.49. The largest absolute Gasteiger partial charge is 0.354 e. The molecule has 0 radical (unpaired) electrons. The molecule has 0 aromatic carbocycles. The van der Waals surface area contributed by atoms with Gasteiger partial charge in [0.2, 0.25) is 0 Å². The Morgan fingerprint density at radius 3 is 3.00 bits per heavy atom. The van der Waals surface area contributed by atoms with Gasteiger partial charge >= 0.3 is 0 Å². The predicted octanol–water partition coefficient (Wildman–Crippen LogP) is 3.04. The van der Waals surface area contributed by atoms with Gasteiger partial charge in [0, 0.05) is 18.9 Å². The summed E-state index contributed by atoms with van der Waals surface area (Å²) >= 11 is 1.51. The lowest BCUT2D eigenvalue weighted by molar-refractivity contribution is 0.0950. The van der Waals surface area contributed by atoms with Gasteiger partial charge in [-0.25, -0.2) is 0 Å². The van der Waals surface area contributed by atoms with Crippen molar-refractivity contribution in [3.05, 3.63) is 58.9 Å². The molecule has 3 aromatic heterocycles. The van der Waals surface area contributed by atoms with Gasteiger partial charge in [0.05, 0.1) is 10.6 Å². The van der Waals surface area contributed by atoms with Crippen molar-refractivity contribution in [1.29, 1.82) is 0 Å². The minimum Gasteiger partial charge on any atom is -0.354 e. The molecule has 1 amide bonds. The topological polar surface area (TPSA) is 68.0 Å². The first kappa shape index (κ1) is 13.5. The molecule has 3 heterocycles. The molecule has 106 valence electrons. The Morgan fingerprint density at radius 2 is 2.29 bits per heavy atom. The first-order valence-corrected chi connectivity index (χ1v) is 7.31. The lowest BCUT2D eigenvalue weighted by Gasteiger charge is -2.05. The normalized spacial score (nSPS) is 10.5. The van der Waals surface area contributed by atoms with Gasteiger partial charge in [-0.2, -0.15) is 0 Å². The van der Waals surface area contributed by atoms with Gasteiger partial charge in [-0.05, 0) is 30.0 Å². The summed E-state index contributed by atoms with van der Waals surface area (Å²) in [6.07, 6.45) is 3.42. The van der Waals surface area contributed by atoms with Crippen LogP contribution in [0, 0.1) is 6.92 Å². The van der Waals surface area contributed by atoms with Crippen molar-refractivity contribution >= 4 is 17.2 Å². The highest BCUT2D eigenvalue weighted by atomic mass is 32.1. The maximum absolute atomic E-state index is 12.4. The van der Waals surface area contributed by atoms with Crippen LogP contribution in [0.2, 0.25) is 0 Å². The lowest BCUT2D eigenvalue weighted by atomic mass is 10.1. The van der Waals surface area contributed by atoms with Crippen LogP contribution >= 0.6 is 11.3 Å². The Morgan fingerprint density at radius 1 is 1.38 bits per heavy atom. The summed E-state index contributed by atoms with van der Waals surface area (Å²) in [7, 11) is 0. The number of pyridine rings is 1. The van der Waals surface area contributed by atoms with Crippen LogP contribution in [0.5, 0.6) is 0 Å². The molecule has 0 atom stereocenters. The number of nitrogens with zero attached hydrogens (tertiary/aromatic N) is 2. The Balaban J connectivity index is 1.80. The van der Waals surface area contributed by atoms with E-state index in [0.29, 0.717) is 23.6 Å². The summed E-state index contributed by atoms with van der Waals surface area (Å²) in [6.45, 7) is 2.18. The molecule has 3 aromatic rings. The van der Waals surface area contributed by atoms with Crippen LogP contribution in [-0.2, 0) is 6.54 Å². The molecule has 0 aliphatic carbocycles. The van der Waals surface area contributed by atoms with Crippen molar-refractivity contribution in [2.45, 2.75) is 13.5 Å². The fraction of sp³-hybridized carbons (Fsp3) is 0.133. The van der Waals surface area contributed by atoms with Crippen molar-refractivity contribution in [3.8, 4) is 10.6 Å². The van der Waals surface area contributed by atoms with Gasteiger partial charge in [-0.3, -0.25) is 9.78 Å². The van der Waals surface area contributed by atoms with E-state index in [1.54, 1.807) is 19.3 Å². The van der Waals surface area contributed by atoms with Crippen LogP contribution in [0.3, 0.4) is 0 Å². The fourth-order valence-electron chi connectivity index (χ4n) is 1.99. The Kier molecular flexibility index (Phi) is 3.79. The van der Waals surface area contributed by atoms with Crippen LogP contribution in [0.25, 0.3) is 10.6 Å². The van der Waals surface area contributed by atoms with E-state index in [4.69, 9.17) is 4.52 Å². The lowest BCUT2D eigenvalue weighted by Crippen LogP contribution is -2.23. The number of carbonyl (C=O) groups is 1. The highest BCUT2D eigenvalue weighted by Crippen LogP contribution is 2.29. The average molecular weight is 299 g/mol. The molecule has 21 heavy (non-hydrogen) atoms. The second-order valence-corrected chi connectivity index (χ2v) is 5.44. The van der Waals surface area contributed by atoms with Gasteiger partial charge in [0.25, 0.3) is 5.91 Å². The summed E-state index contributed by atoms with van der Waals surface area (Å²) in [5, 5.41) is 8.71. The summed E-state index contributed by atoms with van der Waals surface area (Å²) in [5.41, 5.74) is 2.01. The first-order valence-electron chi connectivity index (χ1n) is 6.43. The Labute approximate surface area is 125 Å². The van der Waals surface area contributed by atoms with Crippen LogP contribution in [0.1, 0.15) is 21.6 Å². The van der Waals surface area contributed by atoms with Crippen LogP contribution in [0.4, 0.5) is 0 Å². The molecule has 0 unspecified atom stereocenters. The SMILES string of the molecule is Cc1noc(-c2cccs2)c1C(=O)NCc1cccnc1. The Hall–Kier alpha value is -2.47. The minimum atomic E-state index is -0.194. The third-order valence-corrected chi connectivity index (χ3v) is 3.88. The number of aryl methyl sites for hydroxylation is 1. The van der Waals surface area contributed by atoms with Crippen molar-refractivity contribution in [2.24, 2.45) is 0 Å². The number of rotatable bonds is 4. The molecule has 6 heteroatoms. The molecule has 0 fully saturated rings. The van der Waals surface area contributed by atoms with E-state index in [0.717, 1.165) is 10.4 Å². The minimum absolute atomic E-state index is 0.194. The molecule has 0 spiro atoms. The Bertz CT molecular complexity index is 736. The fourth-order valence-corrected chi connectivity index (χ4v) is 2.69. The molecule has 0 bridgehead atoms. The quantitative estimate of drug-likeness (QED) is 0.804. The number of carbonyl (C=O) groups excluding carboxylic acids is 1. The standard InChI is InChI=1S/C15H13N3O2S/c1-10-13(14(20-18-10)12-5-3-7-21-12)15(19)17-9-11-4-2-6-16-8-11/h2-8H,9H2,1H3,(H,17,19). The maximum atomic E-state index is 12.4. The smallest absolute Gasteiger partial charge is 0.257 e. The number of nitrogens with one attached hydrogen (secondary N) is 1. The number of aromatic nitrogens is 2. The van der Waals surface area contributed by atoms with Gasteiger partial charge in [0.1, 0.15) is 5.56 Å². The zero-order valence-corrected chi connectivity index (χ0v) is 12.2. The second kappa shape index (κ2) is 5.88. The number of hydrogen-bond donors (Lipinski definition) is 1. The van der Waals surface area contributed by atoms with Crippen LogP contribution in [0.15, 0.2) is 46.6 Å². The zero-order chi connectivity index (χ0) is 14.7. The first-order chi connectivity index (χ1) is 10.3. The predicted molar refractivity (Wildman–Crippen MR) is 80.0 cm³/mol. The van der Waals surface area contributed by atoms with Crippen molar-refractivity contribution in [1.82, 2.24) is 15.5 Å². The monoisotopic (exact) mass is 299 g/mol. The summed E-state index contributed by atoms with van der Waals surface area (Å²) in [5.74, 6) is 0.326. The van der Waals surface area contributed by atoms with Crippen LogP contribution in [-0.4, -0.2) is 16.0 Å². The summed E-state index contributed by atoms with van der Waals surface area (Å²) in [6, 6.07) is 7.56. The van der Waals surface area contributed by atoms with Crippen molar-refractivity contribution in [2.75, 3.05) is 0 Å². The summed E-state index contributed by atoms with van der Waals surface area (Å²) in [4.78, 5) is 17.3. The summed E-state index contributed by atoms with van der Waals surface area (Å²) < 4.78 is 5.30. The van der Waals surface area contributed by atoms with E-state index in [9.17, 15) is 4.79 Å². The van der Waals surface area contributed by atoms with Gasteiger partial charge in [-0.15, -0.1) is 11.3 Å². The van der Waals surface area contributed by atoms with E-state index in [1.165, 1.54) is 11.3 Å². The van der Waals surface area contributed by atoms with E-state index in [1.807, 2.05) is 29.6 Å². The van der Waals surface area contributed by atoms with Gasteiger partial charge in [0.15, 0.2) is 5.76 Å². The van der Waals surface area contributed by atoms with E-state index < -0.39 is 0 Å². The number of hydrogen-bond acceptors (Lipinski definition) is 5. The van der Waals surface area contributed by atoms with E-state index in [-0.39, 0.29) is 5.91 Å². The highest BCUT2D eigenvalue weighted by Gasteiger charge is 2.22. The molecule has 0 saturated carbocycles. The number of thiophene rings is 1. The molecule has 0 aliphatic heterocycles. The van der Waals surface area contributed by atoms with E-state index in [2.05, 4.69) is 15.5 Å².